The van der Waals surface area contributed by atoms with Gasteiger partial charge in [0, 0.05) is 35.9 Å². The van der Waals surface area contributed by atoms with Crippen molar-refractivity contribution in [2.24, 2.45) is 0 Å². The van der Waals surface area contributed by atoms with Gasteiger partial charge in [0.25, 0.3) is 5.91 Å². The lowest BCUT2D eigenvalue weighted by Gasteiger charge is -2.31. The second-order valence-electron chi connectivity index (χ2n) is 11.0. The number of nitrogens with zero attached hydrogens (tertiary/aromatic N) is 3. The number of fused-ring (bicyclic) bond motifs is 2. The highest BCUT2D eigenvalue weighted by molar-refractivity contribution is 6.05. The number of amides is 3. The minimum Gasteiger partial charge on any atom is -0.356 e. The minimum absolute atomic E-state index is 0.115. The molecule has 6 rings (SSSR count). The molecule has 3 aromatic rings. The molecule has 0 radical (unpaired) electrons. The van der Waals surface area contributed by atoms with Gasteiger partial charge in [-0.1, -0.05) is 23.7 Å². The number of likely N-dealkylation sites (tertiary alicyclic amines) is 1. The largest absolute Gasteiger partial charge is 0.356 e. The van der Waals surface area contributed by atoms with Gasteiger partial charge < -0.3 is 14.3 Å². The van der Waals surface area contributed by atoms with Crippen LogP contribution in [0.25, 0.3) is 11.0 Å². The molecule has 0 saturated carbocycles. The highest BCUT2D eigenvalue weighted by Gasteiger charge is 2.39. The van der Waals surface area contributed by atoms with Crippen molar-refractivity contribution in [1.29, 1.82) is 0 Å². The first kappa shape index (κ1) is 25.7. The number of carbonyl (C=O) groups excluding carboxylic acids is 3. The molecule has 1 unspecified atom stereocenters. The molecular formula is C30H33FN4O4. The van der Waals surface area contributed by atoms with E-state index in [9.17, 15) is 18.8 Å². The molecular weight excluding hydrogens is 499 g/mol. The Hall–Kier alpha value is -3.59. The lowest BCUT2D eigenvalue weighted by atomic mass is 9.91. The van der Waals surface area contributed by atoms with Crippen LogP contribution in [-0.4, -0.2) is 58.4 Å². The van der Waals surface area contributed by atoms with E-state index in [2.05, 4.69) is 21.4 Å². The zero-order valence-electron chi connectivity index (χ0n) is 22.0. The first-order valence-corrected chi connectivity index (χ1v) is 14.0. The lowest BCUT2D eigenvalue weighted by molar-refractivity contribution is -0.136. The molecule has 0 bridgehead atoms. The van der Waals surface area contributed by atoms with Crippen molar-refractivity contribution < 1.29 is 23.3 Å². The Morgan fingerprint density at radius 3 is 2.69 bits per heavy atom. The maximum absolute atomic E-state index is 13.5. The molecule has 3 aliphatic heterocycles. The predicted molar refractivity (Wildman–Crippen MR) is 142 cm³/mol. The zero-order valence-corrected chi connectivity index (χ0v) is 22.0. The Morgan fingerprint density at radius 1 is 1.03 bits per heavy atom. The molecule has 4 heterocycles. The van der Waals surface area contributed by atoms with Crippen molar-refractivity contribution in [2.75, 3.05) is 19.6 Å². The fourth-order valence-corrected chi connectivity index (χ4v) is 6.37. The Kier molecular flexibility index (Phi) is 7.16. The van der Waals surface area contributed by atoms with Crippen LogP contribution >= 0.6 is 0 Å². The fourth-order valence-electron chi connectivity index (χ4n) is 6.37. The third kappa shape index (κ3) is 5.20. The maximum Gasteiger partial charge on any atom is 0.255 e. The van der Waals surface area contributed by atoms with Gasteiger partial charge in [-0.25, -0.2) is 4.39 Å². The standard InChI is InChI=1S/C30H33FN4O4/c31-21-8-9-23-26(17-21)39-33-28(23)20-12-15-34(16-13-20)14-3-1-2-5-19-6-4-7-22-24(19)18-35(30(22)38)25-10-11-27(36)32-29(25)37/h4,6-9,17,20,25H,1-3,5,10-16,18H2,(H,32,36,37). The summed E-state index contributed by atoms with van der Waals surface area (Å²) in [6.07, 6.45) is 6.86. The molecule has 9 heteroatoms. The second-order valence-corrected chi connectivity index (χ2v) is 11.0. The van der Waals surface area contributed by atoms with Crippen LogP contribution in [0.1, 0.15) is 78.0 Å². The summed E-state index contributed by atoms with van der Waals surface area (Å²) >= 11 is 0. The summed E-state index contributed by atoms with van der Waals surface area (Å²) in [5, 5.41) is 7.54. The van der Waals surface area contributed by atoms with Crippen LogP contribution in [0.3, 0.4) is 0 Å². The van der Waals surface area contributed by atoms with Gasteiger partial charge in [0.15, 0.2) is 5.58 Å². The molecule has 0 spiro atoms. The van der Waals surface area contributed by atoms with E-state index in [1.54, 1.807) is 11.0 Å². The molecule has 8 nitrogen and oxygen atoms in total. The van der Waals surface area contributed by atoms with Crippen LogP contribution in [0.5, 0.6) is 0 Å². The Bertz CT molecular complexity index is 1410. The Balaban J connectivity index is 0.960. The number of piperidine rings is 2. The summed E-state index contributed by atoms with van der Waals surface area (Å²) < 4.78 is 18.8. The molecule has 0 aliphatic carbocycles. The molecule has 3 aliphatic rings. The van der Waals surface area contributed by atoms with Crippen LogP contribution in [0, 0.1) is 5.82 Å². The number of rotatable bonds is 8. The quantitative estimate of drug-likeness (QED) is 0.343. The van der Waals surface area contributed by atoms with E-state index in [0.717, 1.165) is 74.8 Å². The van der Waals surface area contributed by atoms with E-state index < -0.39 is 6.04 Å². The monoisotopic (exact) mass is 532 g/mol. The van der Waals surface area contributed by atoms with Crippen LogP contribution in [-0.2, 0) is 22.6 Å². The summed E-state index contributed by atoms with van der Waals surface area (Å²) in [5.74, 6) is -0.722. The predicted octanol–water partition coefficient (Wildman–Crippen LogP) is 4.32. The van der Waals surface area contributed by atoms with Gasteiger partial charge >= 0.3 is 0 Å². The zero-order chi connectivity index (χ0) is 26.9. The normalized spacial score (nSPS) is 20.6. The second kappa shape index (κ2) is 10.9. The molecule has 2 aromatic carbocycles. The summed E-state index contributed by atoms with van der Waals surface area (Å²) in [7, 11) is 0. The third-order valence-electron chi connectivity index (χ3n) is 8.54. The van der Waals surface area contributed by atoms with Gasteiger partial charge in [0.1, 0.15) is 11.9 Å². The van der Waals surface area contributed by atoms with Gasteiger partial charge in [-0.05, 0) is 87.5 Å². The lowest BCUT2D eigenvalue weighted by Crippen LogP contribution is -2.52. The van der Waals surface area contributed by atoms with E-state index in [1.165, 1.54) is 17.7 Å². The number of aryl methyl sites for hydroxylation is 1. The number of hydrogen-bond donors (Lipinski definition) is 1. The number of hydrogen-bond acceptors (Lipinski definition) is 6. The van der Waals surface area contributed by atoms with Crippen LogP contribution in [0.15, 0.2) is 40.9 Å². The van der Waals surface area contributed by atoms with Gasteiger partial charge in [0.2, 0.25) is 11.8 Å². The number of aromatic nitrogens is 1. The molecule has 2 fully saturated rings. The van der Waals surface area contributed by atoms with Crippen molar-refractivity contribution >= 4 is 28.7 Å². The highest BCUT2D eigenvalue weighted by atomic mass is 19.1. The van der Waals surface area contributed by atoms with Crippen LogP contribution in [0.2, 0.25) is 0 Å². The summed E-state index contributed by atoms with van der Waals surface area (Å²) in [4.78, 5) is 41.0. The van der Waals surface area contributed by atoms with Gasteiger partial charge in [-0.15, -0.1) is 0 Å². The van der Waals surface area contributed by atoms with Crippen molar-refractivity contribution in [1.82, 2.24) is 20.3 Å². The number of imide groups is 1. The third-order valence-corrected chi connectivity index (χ3v) is 8.54. The summed E-state index contributed by atoms with van der Waals surface area (Å²) in [6, 6.07) is 9.92. The van der Waals surface area contributed by atoms with Crippen molar-refractivity contribution in [3.8, 4) is 0 Å². The topological polar surface area (TPSA) is 95.8 Å². The molecule has 39 heavy (non-hydrogen) atoms. The SMILES string of the molecule is O=C1CCC(N2Cc3c(CCCCCN4CCC(c5noc6cc(F)ccc56)CC4)cccc3C2=O)C(=O)N1. The molecule has 3 amide bonds. The fraction of sp³-hybridized carbons (Fsp3) is 0.467. The first-order valence-electron chi connectivity index (χ1n) is 14.0. The minimum atomic E-state index is -0.578. The maximum atomic E-state index is 13.5. The number of halogens is 1. The Labute approximate surface area is 226 Å². The van der Waals surface area contributed by atoms with Gasteiger partial charge in [-0.3, -0.25) is 19.7 Å². The molecule has 2 saturated heterocycles. The average molecular weight is 533 g/mol. The van der Waals surface area contributed by atoms with Crippen molar-refractivity contribution in [3.63, 3.8) is 0 Å². The smallest absolute Gasteiger partial charge is 0.255 e. The van der Waals surface area contributed by atoms with E-state index >= 15 is 0 Å². The molecule has 204 valence electrons. The molecule has 1 atom stereocenters. The highest BCUT2D eigenvalue weighted by Crippen LogP contribution is 2.33. The van der Waals surface area contributed by atoms with Crippen LogP contribution in [0.4, 0.5) is 4.39 Å². The van der Waals surface area contributed by atoms with Crippen LogP contribution < -0.4 is 5.32 Å². The van der Waals surface area contributed by atoms with Gasteiger partial charge in [0.05, 0.1) is 5.69 Å². The number of nitrogens with one attached hydrogen (secondary N) is 1. The number of benzene rings is 2. The Morgan fingerprint density at radius 2 is 1.87 bits per heavy atom. The van der Waals surface area contributed by atoms with E-state index in [1.807, 2.05) is 12.1 Å². The van der Waals surface area contributed by atoms with Crippen molar-refractivity contribution in [2.45, 2.75) is 69.9 Å². The van der Waals surface area contributed by atoms with E-state index in [-0.39, 0.29) is 30.0 Å². The first-order chi connectivity index (χ1) is 19.0. The number of unbranched alkanes of at least 4 members (excludes halogenated alkanes) is 2. The molecule has 1 aromatic heterocycles. The summed E-state index contributed by atoms with van der Waals surface area (Å²) in [6.45, 7) is 3.53. The number of carbonyl (C=O) groups is 3. The molecule has 1 N–H and O–H groups in total. The van der Waals surface area contributed by atoms with E-state index in [4.69, 9.17) is 4.52 Å². The summed E-state index contributed by atoms with van der Waals surface area (Å²) in [5.41, 5.74) is 4.36. The van der Waals surface area contributed by atoms with Gasteiger partial charge in [-0.2, -0.15) is 0 Å². The average Bonchev–Trinajstić information content (AvgIpc) is 3.50. The van der Waals surface area contributed by atoms with E-state index in [0.29, 0.717) is 30.0 Å². The van der Waals surface area contributed by atoms with Crippen molar-refractivity contribution in [3.05, 3.63) is 64.6 Å².